The summed E-state index contributed by atoms with van der Waals surface area (Å²) in [5.74, 6) is 1.79. The quantitative estimate of drug-likeness (QED) is 0.575. The van der Waals surface area contributed by atoms with Crippen LogP contribution in [0.3, 0.4) is 0 Å². The first-order chi connectivity index (χ1) is 13.9. The Kier molecular flexibility index (Phi) is 6.42. The van der Waals surface area contributed by atoms with Crippen molar-refractivity contribution in [2.75, 3.05) is 13.7 Å². The predicted molar refractivity (Wildman–Crippen MR) is 118 cm³/mol. The maximum absolute atomic E-state index is 12.5. The molecule has 0 aliphatic heterocycles. The van der Waals surface area contributed by atoms with E-state index >= 15 is 0 Å². The van der Waals surface area contributed by atoms with Gasteiger partial charge in [-0.2, -0.15) is 0 Å². The van der Waals surface area contributed by atoms with Crippen molar-refractivity contribution >= 4 is 16.7 Å². The zero-order valence-corrected chi connectivity index (χ0v) is 17.8. The Balaban J connectivity index is 1.70. The van der Waals surface area contributed by atoms with Crippen LogP contribution in [0.25, 0.3) is 10.8 Å². The molecule has 3 aromatic rings. The number of hydrogen-bond donors (Lipinski definition) is 1. The SMILES string of the molecule is COc1cc(C)c([C@@H](C)NC(=O)COc2cccc3ccccc23)cc1C(C)C. The molecular formula is C25H29NO3. The van der Waals surface area contributed by atoms with Crippen LogP contribution in [0.1, 0.15) is 49.4 Å². The standard InChI is InChI=1S/C25H29NO3/c1-16(2)21-14-22(17(3)13-24(21)28-5)18(4)26-25(27)15-29-23-12-8-10-19-9-6-7-11-20(19)23/h6-14,16,18H,15H2,1-5H3,(H,26,27)/t18-/m1/s1. The van der Waals surface area contributed by atoms with Crippen LogP contribution in [-0.4, -0.2) is 19.6 Å². The molecule has 0 radical (unpaired) electrons. The molecule has 0 saturated heterocycles. The molecule has 0 spiro atoms. The molecule has 1 atom stereocenters. The van der Waals surface area contributed by atoms with E-state index in [0.717, 1.165) is 33.2 Å². The molecule has 29 heavy (non-hydrogen) atoms. The third kappa shape index (κ3) is 4.70. The van der Waals surface area contributed by atoms with Crippen LogP contribution < -0.4 is 14.8 Å². The highest BCUT2D eigenvalue weighted by Gasteiger charge is 2.17. The second kappa shape index (κ2) is 8.99. The molecule has 0 heterocycles. The topological polar surface area (TPSA) is 47.6 Å². The van der Waals surface area contributed by atoms with E-state index in [1.54, 1.807) is 7.11 Å². The first-order valence-electron chi connectivity index (χ1n) is 9.99. The van der Waals surface area contributed by atoms with E-state index in [-0.39, 0.29) is 18.6 Å². The Hall–Kier alpha value is -3.01. The minimum Gasteiger partial charge on any atom is -0.496 e. The smallest absolute Gasteiger partial charge is 0.258 e. The van der Waals surface area contributed by atoms with Crippen molar-refractivity contribution in [3.8, 4) is 11.5 Å². The number of ether oxygens (including phenoxy) is 2. The van der Waals surface area contributed by atoms with Gasteiger partial charge in [0.15, 0.2) is 6.61 Å². The Morgan fingerprint density at radius 3 is 2.41 bits per heavy atom. The molecule has 152 valence electrons. The average molecular weight is 392 g/mol. The molecule has 0 fully saturated rings. The van der Waals surface area contributed by atoms with E-state index < -0.39 is 0 Å². The van der Waals surface area contributed by atoms with Gasteiger partial charge in [0, 0.05) is 5.39 Å². The van der Waals surface area contributed by atoms with Gasteiger partial charge in [0.25, 0.3) is 5.91 Å². The normalized spacial score (nSPS) is 12.1. The zero-order valence-electron chi connectivity index (χ0n) is 17.8. The number of rotatable bonds is 7. The van der Waals surface area contributed by atoms with Crippen LogP contribution in [0, 0.1) is 6.92 Å². The van der Waals surface area contributed by atoms with Gasteiger partial charge in [0.05, 0.1) is 13.2 Å². The molecular weight excluding hydrogens is 362 g/mol. The van der Waals surface area contributed by atoms with Crippen molar-refractivity contribution in [2.24, 2.45) is 0 Å². The number of nitrogens with one attached hydrogen (secondary N) is 1. The highest BCUT2D eigenvalue weighted by Crippen LogP contribution is 2.32. The molecule has 3 rings (SSSR count). The maximum atomic E-state index is 12.5. The van der Waals surface area contributed by atoms with Crippen molar-refractivity contribution < 1.29 is 14.3 Å². The van der Waals surface area contributed by atoms with Gasteiger partial charge in [-0.25, -0.2) is 0 Å². The van der Waals surface area contributed by atoms with Gasteiger partial charge in [-0.3, -0.25) is 4.79 Å². The van der Waals surface area contributed by atoms with Gasteiger partial charge in [-0.05, 0) is 60.0 Å². The van der Waals surface area contributed by atoms with Crippen LogP contribution in [0.15, 0.2) is 54.6 Å². The number of carbonyl (C=O) groups excluding carboxylic acids is 1. The van der Waals surface area contributed by atoms with Gasteiger partial charge < -0.3 is 14.8 Å². The summed E-state index contributed by atoms with van der Waals surface area (Å²) in [7, 11) is 1.69. The average Bonchev–Trinajstić information content (AvgIpc) is 2.71. The number of fused-ring (bicyclic) bond motifs is 1. The second-order valence-corrected chi connectivity index (χ2v) is 7.66. The van der Waals surface area contributed by atoms with E-state index in [2.05, 4.69) is 25.2 Å². The molecule has 0 bridgehead atoms. The second-order valence-electron chi connectivity index (χ2n) is 7.66. The van der Waals surface area contributed by atoms with Gasteiger partial charge in [-0.1, -0.05) is 50.2 Å². The Morgan fingerprint density at radius 1 is 0.966 bits per heavy atom. The molecule has 0 aromatic heterocycles. The van der Waals surface area contributed by atoms with Crippen molar-refractivity contribution in [3.63, 3.8) is 0 Å². The lowest BCUT2D eigenvalue weighted by atomic mass is 9.93. The van der Waals surface area contributed by atoms with Gasteiger partial charge in [0.1, 0.15) is 11.5 Å². The lowest BCUT2D eigenvalue weighted by Gasteiger charge is -2.21. The van der Waals surface area contributed by atoms with Crippen molar-refractivity contribution in [3.05, 3.63) is 71.3 Å². The number of amides is 1. The summed E-state index contributed by atoms with van der Waals surface area (Å²) in [4.78, 5) is 12.5. The summed E-state index contributed by atoms with van der Waals surface area (Å²) in [6.45, 7) is 8.28. The minimum absolute atomic E-state index is 0.0232. The molecule has 0 aliphatic carbocycles. The number of hydrogen-bond acceptors (Lipinski definition) is 3. The van der Waals surface area contributed by atoms with Gasteiger partial charge in [0.2, 0.25) is 0 Å². The largest absolute Gasteiger partial charge is 0.496 e. The monoisotopic (exact) mass is 391 g/mol. The number of aryl methyl sites for hydroxylation is 1. The summed E-state index contributed by atoms with van der Waals surface area (Å²) in [5, 5.41) is 5.15. The molecule has 1 N–H and O–H groups in total. The third-order valence-electron chi connectivity index (χ3n) is 5.19. The van der Waals surface area contributed by atoms with Crippen LogP contribution in [0.2, 0.25) is 0 Å². The maximum Gasteiger partial charge on any atom is 0.258 e. The van der Waals surface area contributed by atoms with E-state index in [0.29, 0.717) is 11.7 Å². The number of carbonyl (C=O) groups is 1. The van der Waals surface area contributed by atoms with Crippen molar-refractivity contribution in [1.29, 1.82) is 0 Å². The van der Waals surface area contributed by atoms with Crippen molar-refractivity contribution in [1.82, 2.24) is 5.32 Å². The molecule has 0 aliphatic rings. The summed E-state index contributed by atoms with van der Waals surface area (Å²) in [5.41, 5.74) is 3.32. The van der Waals surface area contributed by atoms with Gasteiger partial charge >= 0.3 is 0 Å². The Bertz CT molecular complexity index is 1000. The summed E-state index contributed by atoms with van der Waals surface area (Å²) >= 11 is 0. The molecule has 4 heteroatoms. The fourth-order valence-corrected chi connectivity index (χ4v) is 3.64. The van der Waals surface area contributed by atoms with E-state index in [1.165, 1.54) is 0 Å². The van der Waals surface area contributed by atoms with Crippen LogP contribution in [-0.2, 0) is 4.79 Å². The highest BCUT2D eigenvalue weighted by molar-refractivity contribution is 5.88. The lowest BCUT2D eigenvalue weighted by Crippen LogP contribution is -2.31. The Morgan fingerprint density at radius 2 is 1.69 bits per heavy atom. The van der Waals surface area contributed by atoms with Crippen molar-refractivity contribution in [2.45, 2.75) is 39.7 Å². The predicted octanol–water partition coefficient (Wildman–Crippen LogP) is 5.54. The van der Waals surface area contributed by atoms with Crippen LogP contribution in [0.4, 0.5) is 0 Å². The fourth-order valence-electron chi connectivity index (χ4n) is 3.64. The summed E-state index contributed by atoms with van der Waals surface area (Å²) in [6, 6.07) is 17.9. The molecule has 4 nitrogen and oxygen atoms in total. The lowest BCUT2D eigenvalue weighted by molar-refractivity contribution is -0.123. The first kappa shape index (κ1) is 20.7. The zero-order chi connectivity index (χ0) is 21.0. The minimum atomic E-state index is -0.147. The molecule has 1 amide bonds. The molecule has 0 unspecified atom stereocenters. The fraction of sp³-hybridized carbons (Fsp3) is 0.320. The Labute approximate surface area is 172 Å². The van der Waals surface area contributed by atoms with E-state index in [9.17, 15) is 4.79 Å². The molecule has 3 aromatic carbocycles. The van der Waals surface area contributed by atoms with Crippen LogP contribution in [0.5, 0.6) is 11.5 Å². The number of methoxy groups -OCH3 is 1. The van der Waals surface area contributed by atoms with Crippen LogP contribution >= 0.6 is 0 Å². The summed E-state index contributed by atoms with van der Waals surface area (Å²) < 4.78 is 11.3. The van der Waals surface area contributed by atoms with E-state index in [1.807, 2.05) is 62.4 Å². The van der Waals surface area contributed by atoms with Gasteiger partial charge in [-0.15, -0.1) is 0 Å². The number of benzene rings is 3. The molecule has 0 saturated carbocycles. The first-order valence-corrected chi connectivity index (χ1v) is 9.99. The summed E-state index contributed by atoms with van der Waals surface area (Å²) in [6.07, 6.45) is 0. The third-order valence-corrected chi connectivity index (χ3v) is 5.19. The van der Waals surface area contributed by atoms with E-state index in [4.69, 9.17) is 9.47 Å². The highest BCUT2D eigenvalue weighted by atomic mass is 16.5.